The minimum atomic E-state index is 0.00802. The number of ether oxygens (including phenoxy) is 1. The smallest absolute Gasteiger partial charge is 0.222 e. The van der Waals surface area contributed by atoms with Crippen LogP contribution in [0, 0.1) is 13.8 Å². The number of hydrogen-bond donors (Lipinski definition) is 2. The summed E-state index contributed by atoms with van der Waals surface area (Å²) in [7, 11) is 1.60. The summed E-state index contributed by atoms with van der Waals surface area (Å²) in [5.41, 5.74) is 4.09. The Bertz CT molecular complexity index is 717. The quantitative estimate of drug-likeness (QED) is 0.794. The summed E-state index contributed by atoms with van der Waals surface area (Å²) in [6.45, 7) is 5.04. The van der Waals surface area contributed by atoms with E-state index < -0.39 is 0 Å². The van der Waals surface area contributed by atoms with Crippen LogP contribution in [0.1, 0.15) is 23.1 Å². The second kappa shape index (κ2) is 8.60. The van der Waals surface area contributed by atoms with E-state index in [0.717, 1.165) is 16.8 Å². The van der Waals surface area contributed by atoms with Crippen LogP contribution >= 0.6 is 11.6 Å². The van der Waals surface area contributed by atoms with Crippen LogP contribution in [0.3, 0.4) is 0 Å². The van der Waals surface area contributed by atoms with Gasteiger partial charge in [-0.25, -0.2) is 0 Å². The molecule has 0 aliphatic carbocycles. The van der Waals surface area contributed by atoms with Gasteiger partial charge >= 0.3 is 0 Å². The fourth-order valence-corrected chi connectivity index (χ4v) is 2.55. The van der Waals surface area contributed by atoms with Crippen LogP contribution in [0.5, 0.6) is 5.75 Å². The Balaban J connectivity index is 1.81. The van der Waals surface area contributed by atoms with E-state index in [0.29, 0.717) is 30.3 Å². The molecule has 2 rings (SSSR count). The van der Waals surface area contributed by atoms with Crippen molar-refractivity contribution in [3.63, 3.8) is 0 Å². The van der Waals surface area contributed by atoms with Gasteiger partial charge < -0.3 is 15.4 Å². The Morgan fingerprint density at radius 2 is 2.00 bits per heavy atom. The fourth-order valence-electron chi connectivity index (χ4n) is 2.39. The standard InChI is InChI=1S/C19H23ClN2O2/c1-13-5-4-6-15(9-13)12-22-19(23)7-8-21-17-10-14(2)16(20)11-18(17)24-3/h4-6,9-11,21H,7-8,12H2,1-3H3,(H,22,23). The van der Waals surface area contributed by atoms with Gasteiger partial charge in [0.25, 0.3) is 0 Å². The number of halogens is 1. The van der Waals surface area contributed by atoms with E-state index in [9.17, 15) is 4.79 Å². The SMILES string of the molecule is COc1cc(Cl)c(C)cc1NCCC(=O)NCc1cccc(C)c1. The Labute approximate surface area is 148 Å². The largest absolute Gasteiger partial charge is 0.495 e. The van der Waals surface area contributed by atoms with Gasteiger partial charge in [0, 0.05) is 30.6 Å². The van der Waals surface area contributed by atoms with E-state index in [1.807, 2.05) is 38.1 Å². The molecule has 0 unspecified atom stereocenters. The zero-order chi connectivity index (χ0) is 17.5. The number of carbonyl (C=O) groups is 1. The van der Waals surface area contributed by atoms with E-state index >= 15 is 0 Å². The highest BCUT2D eigenvalue weighted by atomic mass is 35.5. The van der Waals surface area contributed by atoms with Crippen molar-refractivity contribution in [2.24, 2.45) is 0 Å². The number of benzene rings is 2. The van der Waals surface area contributed by atoms with Crippen LogP contribution in [0.25, 0.3) is 0 Å². The molecule has 4 nitrogen and oxygen atoms in total. The average Bonchev–Trinajstić information content (AvgIpc) is 2.56. The second-order valence-corrected chi connectivity index (χ2v) is 6.15. The number of nitrogens with one attached hydrogen (secondary N) is 2. The molecule has 0 aliphatic rings. The molecule has 0 saturated carbocycles. The third-order valence-corrected chi connectivity index (χ3v) is 4.13. The summed E-state index contributed by atoms with van der Waals surface area (Å²) in [4.78, 5) is 12.0. The van der Waals surface area contributed by atoms with Gasteiger partial charge in [-0.1, -0.05) is 41.4 Å². The average molecular weight is 347 g/mol. The van der Waals surface area contributed by atoms with Crippen molar-refractivity contribution in [2.45, 2.75) is 26.8 Å². The van der Waals surface area contributed by atoms with Gasteiger partial charge in [-0.15, -0.1) is 0 Å². The molecule has 0 spiro atoms. The topological polar surface area (TPSA) is 50.4 Å². The molecule has 0 atom stereocenters. The van der Waals surface area contributed by atoms with E-state index in [4.69, 9.17) is 16.3 Å². The van der Waals surface area contributed by atoms with Crippen LogP contribution in [0.15, 0.2) is 36.4 Å². The minimum absolute atomic E-state index is 0.00802. The summed E-state index contributed by atoms with van der Waals surface area (Å²) in [6.07, 6.45) is 0.386. The lowest BCUT2D eigenvalue weighted by Gasteiger charge is -2.13. The minimum Gasteiger partial charge on any atom is -0.495 e. The van der Waals surface area contributed by atoms with E-state index in [-0.39, 0.29) is 5.91 Å². The lowest BCUT2D eigenvalue weighted by molar-refractivity contribution is -0.121. The third-order valence-electron chi connectivity index (χ3n) is 3.72. The maximum atomic E-state index is 12.0. The first-order valence-electron chi connectivity index (χ1n) is 7.90. The maximum absolute atomic E-state index is 12.0. The second-order valence-electron chi connectivity index (χ2n) is 5.74. The number of carbonyl (C=O) groups excluding carboxylic acids is 1. The van der Waals surface area contributed by atoms with Crippen LogP contribution in [0.2, 0.25) is 5.02 Å². The van der Waals surface area contributed by atoms with Crippen LogP contribution in [0.4, 0.5) is 5.69 Å². The molecule has 0 aromatic heterocycles. The molecular weight excluding hydrogens is 324 g/mol. The monoisotopic (exact) mass is 346 g/mol. The maximum Gasteiger partial charge on any atom is 0.222 e. The van der Waals surface area contributed by atoms with E-state index in [2.05, 4.69) is 16.7 Å². The van der Waals surface area contributed by atoms with Gasteiger partial charge in [0.05, 0.1) is 12.8 Å². The number of anilines is 1. The van der Waals surface area contributed by atoms with E-state index in [1.54, 1.807) is 13.2 Å². The molecule has 1 amide bonds. The Morgan fingerprint density at radius 3 is 2.71 bits per heavy atom. The lowest BCUT2D eigenvalue weighted by Crippen LogP contribution is -2.25. The van der Waals surface area contributed by atoms with Crippen molar-refractivity contribution in [2.75, 3.05) is 19.0 Å². The molecule has 2 aromatic carbocycles. The van der Waals surface area contributed by atoms with Crippen molar-refractivity contribution in [3.05, 3.63) is 58.1 Å². The van der Waals surface area contributed by atoms with Gasteiger partial charge in [-0.2, -0.15) is 0 Å². The van der Waals surface area contributed by atoms with Gasteiger partial charge in [0.2, 0.25) is 5.91 Å². The number of amides is 1. The first-order chi connectivity index (χ1) is 11.5. The van der Waals surface area contributed by atoms with Crippen LogP contribution in [-0.4, -0.2) is 19.6 Å². The lowest BCUT2D eigenvalue weighted by atomic mass is 10.1. The molecule has 0 radical (unpaired) electrons. The highest BCUT2D eigenvalue weighted by Gasteiger charge is 2.08. The summed E-state index contributed by atoms with van der Waals surface area (Å²) < 4.78 is 5.31. The molecule has 5 heteroatoms. The van der Waals surface area contributed by atoms with Crippen molar-refractivity contribution >= 4 is 23.2 Å². The molecule has 0 aliphatic heterocycles. The number of hydrogen-bond acceptors (Lipinski definition) is 3. The molecule has 0 fully saturated rings. The zero-order valence-corrected chi connectivity index (χ0v) is 15.0. The predicted octanol–water partition coefficient (Wildman–Crippen LogP) is 4.08. The highest BCUT2D eigenvalue weighted by Crippen LogP contribution is 2.30. The third kappa shape index (κ3) is 5.17. The molecule has 0 heterocycles. The van der Waals surface area contributed by atoms with Gasteiger partial charge in [-0.05, 0) is 31.0 Å². The summed E-state index contributed by atoms with van der Waals surface area (Å²) in [5, 5.41) is 6.82. The summed E-state index contributed by atoms with van der Waals surface area (Å²) in [5.74, 6) is 0.680. The summed E-state index contributed by atoms with van der Waals surface area (Å²) >= 11 is 6.09. The number of methoxy groups -OCH3 is 1. The Hall–Kier alpha value is -2.20. The summed E-state index contributed by atoms with van der Waals surface area (Å²) in [6, 6.07) is 11.8. The predicted molar refractivity (Wildman–Crippen MR) is 98.9 cm³/mol. The Kier molecular flexibility index (Phi) is 6.50. The normalized spacial score (nSPS) is 10.3. The van der Waals surface area contributed by atoms with Crippen molar-refractivity contribution in [3.8, 4) is 5.75 Å². The van der Waals surface area contributed by atoms with Gasteiger partial charge in [-0.3, -0.25) is 4.79 Å². The fraction of sp³-hybridized carbons (Fsp3) is 0.316. The molecule has 0 saturated heterocycles. The molecular formula is C19H23ClN2O2. The van der Waals surface area contributed by atoms with Crippen molar-refractivity contribution < 1.29 is 9.53 Å². The molecule has 2 aromatic rings. The number of rotatable bonds is 7. The number of aryl methyl sites for hydroxylation is 2. The van der Waals surface area contributed by atoms with Crippen molar-refractivity contribution in [1.82, 2.24) is 5.32 Å². The molecule has 0 bridgehead atoms. The molecule has 128 valence electrons. The van der Waals surface area contributed by atoms with E-state index in [1.165, 1.54) is 5.56 Å². The van der Waals surface area contributed by atoms with Gasteiger partial charge in [0.1, 0.15) is 5.75 Å². The zero-order valence-electron chi connectivity index (χ0n) is 14.3. The van der Waals surface area contributed by atoms with Crippen LogP contribution in [-0.2, 0) is 11.3 Å². The van der Waals surface area contributed by atoms with Gasteiger partial charge in [0.15, 0.2) is 0 Å². The highest BCUT2D eigenvalue weighted by molar-refractivity contribution is 6.31. The molecule has 24 heavy (non-hydrogen) atoms. The first-order valence-corrected chi connectivity index (χ1v) is 8.27. The van der Waals surface area contributed by atoms with Crippen LogP contribution < -0.4 is 15.4 Å². The Morgan fingerprint density at radius 1 is 1.21 bits per heavy atom. The first kappa shape index (κ1) is 18.1. The molecule has 2 N–H and O–H groups in total. The van der Waals surface area contributed by atoms with Crippen molar-refractivity contribution in [1.29, 1.82) is 0 Å².